The second-order valence-electron chi connectivity index (χ2n) is 4.35. The van der Waals surface area contributed by atoms with E-state index in [2.05, 4.69) is 22.2 Å². The van der Waals surface area contributed by atoms with Crippen molar-refractivity contribution in [3.05, 3.63) is 34.9 Å². The van der Waals surface area contributed by atoms with Crippen molar-refractivity contribution in [1.82, 2.24) is 10.0 Å². The van der Waals surface area contributed by atoms with Crippen LogP contribution in [0.1, 0.15) is 30.0 Å². The van der Waals surface area contributed by atoms with Crippen LogP contribution in [0.25, 0.3) is 0 Å². The molecule has 2 N–H and O–H groups in total. The summed E-state index contributed by atoms with van der Waals surface area (Å²) >= 11 is 0. The zero-order valence-corrected chi connectivity index (χ0v) is 12.0. The van der Waals surface area contributed by atoms with Gasteiger partial charge < -0.3 is 5.32 Å². The number of fused-ring (bicyclic) bond motifs is 1. The maximum atomic E-state index is 11.5. The Labute approximate surface area is 115 Å². The standard InChI is InChI=1S/C12H18N2O2S.ClH/c1-2-5-17(15,16)14-7-10-3-4-11-8-13-9-12(11)6-10;/h3-4,6,13-14H,2,5,7-9H2,1H3;1H. The zero-order valence-electron chi connectivity index (χ0n) is 10.4. The smallest absolute Gasteiger partial charge is 0.211 e. The number of sulfonamides is 1. The van der Waals surface area contributed by atoms with Crippen LogP contribution < -0.4 is 10.0 Å². The number of hydrogen-bond acceptors (Lipinski definition) is 3. The number of hydrogen-bond donors (Lipinski definition) is 2. The van der Waals surface area contributed by atoms with Gasteiger partial charge in [0.15, 0.2) is 0 Å². The minimum atomic E-state index is -3.11. The average molecular weight is 291 g/mol. The van der Waals surface area contributed by atoms with Gasteiger partial charge in [0.2, 0.25) is 10.0 Å². The molecule has 0 saturated carbocycles. The number of benzene rings is 1. The van der Waals surface area contributed by atoms with Gasteiger partial charge in [-0.1, -0.05) is 25.1 Å². The molecule has 4 nitrogen and oxygen atoms in total. The molecular weight excluding hydrogens is 272 g/mol. The Bertz CT molecular complexity index is 503. The van der Waals surface area contributed by atoms with Crippen LogP contribution >= 0.6 is 12.4 Å². The highest BCUT2D eigenvalue weighted by molar-refractivity contribution is 7.89. The van der Waals surface area contributed by atoms with Crippen LogP contribution in [0.5, 0.6) is 0 Å². The monoisotopic (exact) mass is 290 g/mol. The first kappa shape index (κ1) is 15.4. The number of halogens is 1. The van der Waals surface area contributed by atoms with Gasteiger partial charge in [0.25, 0.3) is 0 Å². The molecule has 0 aromatic heterocycles. The van der Waals surface area contributed by atoms with E-state index in [9.17, 15) is 8.42 Å². The number of nitrogens with one attached hydrogen (secondary N) is 2. The van der Waals surface area contributed by atoms with Crippen molar-refractivity contribution < 1.29 is 8.42 Å². The summed E-state index contributed by atoms with van der Waals surface area (Å²) in [7, 11) is -3.11. The predicted octanol–water partition coefficient (Wildman–Crippen LogP) is 1.54. The fraction of sp³-hybridized carbons (Fsp3) is 0.500. The number of rotatable bonds is 5. The fourth-order valence-corrected chi connectivity index (χ4v) is 3.06. The van der Waals surface area contributed by atoms with E-state index in [0.717, 1.165) is 18.7 Å². The summed E-state index contributed by atoms with van der Waals surface area (Å²) < 4.78 is 25.6. The Morgan fingerprint density at radius 1 is 1.28 bits per heavy atom. The topological polar surface area (TPSA) is 58.2 Å². The second-order valence-corrected chi connectivity index (χ2v) is 6.27. The molecular formula is C12H19ClN2O2S. The molecule has 0 radical (unpaired) electrons. The molecule has 1 aromatic rings. The van der Waals surface area contributed by atoms with E-state index in [1.165, 1.54) is 11.1 Å². The van der Waals surface area contributed by atoms with E-state index >= 15 is 0 Å². The van der Waals surface area contributed by atoms with Crippen molar-refractivity contribution in [2.45, 2.75) is 33.0 Å². The van der Waals surface area contributed by atoms with Gasteiger partial charge in [0.1, 0.15) is 0 Å². The molecule has 0 aliphatic carbocycles. The van der Waals surface area contributed by atoms with E-state index in [-0.39, 0.29) is 18.2 Å². The second kappa shape index (κ2) is 6.52. The van der Waals surface area contributed by atoms with E-state index in [0.29, 0.717) is 13.0 Å². The van der Waals surface area contributed by atoms with Crippen LogP contribution in [-0.4, -0.2) is 14.2 Å². The first-order valence-corrected chi connectivity index (χ1v) is 7.54. The lowest BCUT2D eigenvalue weighted by atomic mass is 10.1. The lowest BCUT2D eigenvalue weighted by Gasteiger charge is -2.07. The Kier molecular flexibility index (Phi) is 5.59. The van der Waals surface area contributed by atoms with Gasteiger partial charge in [0.05, 0.1) is 5.75 Å². The normalized spacial score (nSPS) is 14.1. The van der Waals surface area contributed by atoms with E-state index < -0.39 is 10.0 Å². The summed E-state index contributed by atoms with van der Waals surface area (Å²) in [5.74, 6) is 0.194. The Hall–Kier alpha value is -0.620. The summed E-state index contributed by atoms with van der Waals surface area (Å²) in [4.78, 5) is 0. The summed E-state index contributed by atoms with van der Waals surface area (Å²) in [6, 6.07) is 6.13. The average Bonchev–Trinajstić information content (AvgIpc) is 2.73. The first-order valence-electron chi connectivity index (χ1n) is 5.89. The molecule has 0 spiro atoms. The van der Waals surface area contributed by atoms with Gasteiger partial charge in [-0.2, -0.15) is 0 Å². The summed E-state index contributed by atoms with van der Waals surface area (Å²) in [5.41, 5.74) is 3.61. The van der Waals surface area contributed by atoms with Gasteiger partial charge in [-0.25, -0.2) is 13.1 Å². The van der Waals surface area contributed by atoms with Gasteiger partial charge in [-0.05, 0) is 23.1 Å². The molecule has 1 heterocycles. The van der Waals surface area contributed by atoms with E-state index in [4.69, 9.17) is 0 Å². The third-order valence-corrected chi connectivity index (χ3v) is 4.40. The van der Waals surface area contributed by atoms with Crippen LogP contribution in [-0.2, 0) is 29.7 Å². The Balaban J connectivity index is 0.00000162. The fourth-order valence-electron chi connectivity index (χ4n) is 1.99. The molecule has 0 unspecified atom stereocenters. The minimum absolute atomic E-state index is 0. The SMILES string of the molecule is CCCS(=O)(=O)NCc1ccc2c(c1)CNC2.Cl. The van der Waals surface area contributed by atoms with Crippen molar-refractivity contribution in [2.24, 2.45) is 0 Å². The van der Waals surface area contributed by atoms with Crippen LogP contribution in [0.3, 0.4) is 0 Å². The third-order valence-electron chi connectivity index (χ3n) is 2.87. The highest BCUT2D eigenvalue weighted by Gasteiger charge is 2.12. The molecule has 0 bridgehead atoms. The van der Waals surface area contributed by atoms with Crippen molar-refractivity contribution in [2.75, 3.05) is 5.75 Å². The Morgan fingerprint density at radius 2 is 2.00 bits per heavy atom. The van der Waals surface area contributed by atoms with Gasteiger partial charge in [-0.3, -0.25) is 0 Å². The quantitative estimate of drug-likeness (QED) is 0.865. The summed E-state index contributed by atoms with van der Waals surface area (Å²) in [6.45, 7) is 4.04. The molecule has 102 valence electrons. The molecule has 18 heavy (non-hydrogen) atoms. The highest BCUT2D eigenvalue weighted by atomic mass is 35.5. The maximum absolute atomic E-state index is 11.5. The van der Waals surface area contributed by atoms with E-state index in [1.807, 2.05) is 13.0 Å². The zero-order chi connectivity index (χ0) is 12.3. The molecule has 0 fully saturated rings. The summed E-state index contributed by atoms with van der Waals surface area (Å²) in [6.07, 6.45) is 0.642. The molecule has 6 heteroatoms. The molecule has 0 amide bonds. The van der Waals surface area contributed by atoms with Gasteiger partial charge in [-0.15, -0.1) is 12.4 Å². The molecule has 1 aromatic carbocycles. The highest BCUT2D eigenvalue weighted by Crippen LogP contribution is 2.17. The maximum Gasteiger partial charge on any atom is 0.211 e. The van der Waals surface area contributed by atoms with Crippen molar-refractivity contribution in [1.29, 1.82) is 0 Å². The predicted molar refractivity (Wildman–Crippen MR) is 75.2 cm³/mol. The summed E-state index contributed by atoms with van der Waals surface area (Å²) in [5, 5.41) is 3.27. The lowest BCUT2D eigenvalue weighted by molar-refractivity contribution is 0.580. The van der Waals surface area contributed by atoms with Crippen LogP contribution in [0, 0.1) is 0 Å². The first-order chi connectivity index (χ1) is 8.11. The van der Waals surface area contributed by atoms with Crippen LogP contribution in [0.15, 0.2) is 18.2 Å². The molecule has 1 aliphatic rings. The van der Waals surface area contributed by atoms with Gasteiger partial charge in [0, 0.05) is 19.6 Å². The van der Waals surface area contributed by atoms with Crippen molar-refractivity contribution >= 4 is 22.4 Å². The van der Waals surface area contributed by atoms with Gasteiger partial charge >= 0.3 is 0 Å². The van der Waals surface area contributed by atoms with E-state index in [1.54, 1.807) is 0 Å². The Morgan fingerprint density at radius 3 is 2.72 bits per heavy atom. The van der Waals surface area contributed by atoms with Crippen LogP contribution in [0.2, 0.25) is 0 Å². The molecule has 0 atom stereocenters. The van der Waals surface area contributed by atoms with Crippen LogP contribution in [0.4, 0.5) is 0 Å². The molecule has 2 rings (SSSR count). The molecule has 1 aliphatic heterocycles. The van der Waals surface area contributed by atoms with Crippen molar-refractivity contribution in [3.63, 3.8) is 0 Å². The minimum Gasteiger partial charge on any atom is -0.309 e. The van der Waals surface area contributed by atoms with Crippen molar-refractivity contribution in [3.8, 4) is 0 Å². The largest absolute Gasteiger partial charge is 0.309 e. The lowest BCUT2D eigenvalue weighted by Crippen LogP contribution is -2.25. The third kappa shape index (κ3) is 3.95. The molecule has 0 saturated heterocycles.